The lowest BCUT2D eigenvalue weighted by atomic mass is 10.2. The molecule has 0 radical (unpaired) electrons. The van der Waals surface area contributed by atoms with Gasteiger partial charge in [0.2, 0.25) is 5.91 Å². The van der Waals surface area contributed by atoms with E-state index in [1.54, 1.807) is 12.1 Å². The highest BCUT2D eigenvalue weighted by Gasteiger charge is 2.06. The average Bonchev–Trinajstić information content (AvgIpc) is 2.28. The summed E-state index contributed by atoms with van der Waals surface area (Å²) in [5.74, 6) is -0.00946. The Balaban J connectivity index is 2.35. The van der Waals surface area contributed by atoms with E-state index in [-0.39, 0.29) is 5.91 Å². The Kier molecular flexibility index (Phi) is 6.68. The molecule has 1 aromatic carbocycles. The molecule has 0 aliphatic rings. The average molecular weight is 334 g/mol. The fraction of sp³-hybridized carbons (Fsp3) is 0.462. The van der Waals surface area contributed by atoms with Crippen molar-refractivity contribution in [3.63, 3.8) is 0 Å². The second kappa shape index (κ2) is 7.77. The Bertz CT molecular complexity index is 410. The topological polar surface area (TPSA) is 41.1 Å². The number of amides is 1. The van der Waals surface area contributed by atoms with Crippen LogP contribution in [0.5, 0.6) is 0 Å². The van der Waals surface area contributed by atoms with E-state index in [4.69, 9.17) is 11.6 Å². The number of rotatable bonds is 6. The molecule has 1 amide bonds. The summed E-state index contributed by atoms with van der Waals surface area (Å²) in [6.45, 7) is 5.02. The lowest BCUT2D eigenvalue weighted by molar-refractivity contribution is -0.116. The molecule has 0 aliphatic carbocycles. The zero-order valence-corrected chi connectivity index (χ0v) is 12.9. The van der Waals surface area contributed by atoms with Gasteiger partial charge in [-0.15, -0.1) is 0 Å². The fourth-order valence-corrected chi connectivity index (χ4v) is 2.16. The van der Waals surface area contributed by atoms with E-state index in [1.165, 1.54) is 0 Å². The zero-order valence-electron chi connectivity index (χ0n) is 10.6. The summed E-state index contributed by atoms with van der Waals surface area (Å²) in [7, 11) is 0. The Hall–Kier alpha value is -0.580. The van der Waals surface area contributed by atoms with Crippen LogP contribution in [0.2, 0.25) is 5.02 Å². The molecule has 3 nitrogen and oxygen atoms in total. The molecule has 0 fully saturated rings. The van der Waals surface area contributed by atoms with Gasteiger partial charge in [-0.2, -0.15) is 0 Å². The predicted molar refractivity (Wildman–Crippen MR) is 80.2 cm³/mol. The predicted octanol–water partition coefficient (Wildman–Crippen LogP) is 3.82. The first-order valence-corrected chi connectivity index (χ1v) is 7.14. The van der Waals surface area contributed by atoms with Gasteiger partial charge in [-0.1, -0.05) is 41.4 Å². The van der Waals surface area contributed by atoms with E-state index in [1.807, 2.05) is 6.07 Å². The van der Waals surface area contributed by atoms with E-state index < -0.39 is 0 Å². The maximum atomic E-state index is 11.7. The van der Waals surface area contributed by atoms with Crippen LogP contribution >= 0.6 is 27.5 Å². The Morgan fingerprint density at radius 2 is 2.17 bits per heavy atom. The molecule has 100 valence electrons. The normalized spacial score (nSPS) is 10.7. The molecule has 2 N–H and O–H groups in total. The highest BCUT2D eigenvalue weighted by atomic mass is 79.9. The number of halogens is 2. The van der Waals surface area contributed by atoms with Crippen LogP contribution in [0.25, 0.3) is 0 Å². The molecular weight excluding hydrogens is 316 g/mol. The molecule has 5 heteroatoms. The number of hydrogen-bond acceptors (Lipinski definition) is 2. The largest absolute Gasteiger partial charge is 0.325 e. The summed E-state index contributed by atoms with van der Waals surface area (Å²) < 4.78 is 0.895. The van der Waals surface area contributed by atoms with E-state index in [0.29, 0.717) is 23.2 Å². The molecule has 0 atom stereocenters. The molecular formula is C13H18BrClN2O. The Morgan fingerprint density at radius 1 is 1.44 bits per heavy atom. The lowest BCUT2D eigenvalue weighted by Crippen LogP contribution is -2.24. The van der Waals surface area contributed by atoms with Crippen LogP contribution in [0.3, 0.4) is 0 Å². The van der Waals surface area contributed by atoms with Gasteiger partial charge in [-0.3, -0.25) is 4.79 Å². The van der Waals surface area contributed by atoms with E-state index in [9.17, 15) is 4.79 Å². The summed E-state index contributed by atoms with van der Waals surface area (Å²) in [6, 6.07) is 5.85. The molecule has 0 saturated heterocycles. The van der Waals surface area contributed by atoms with E-state index in [0.717, 1.165) is 17.4 Å². The maximum Gasteiger partial charge on any atom is 0.224 e. The highest BCUT2D eigenvalue weighted by molar-refractivity contribution is 9.10. The number of benzene rings is 1. The van der Waals surface area contributed by atoms with Crippen molar-refractivity contribution >= 4 is 39.1 Å². The molecule has 0 unspecified atom stereocenters. The van der Waals surface area contributed by atoms with Gasteiger partial charge in [-0.05, 0) is 31.2 Å². The first kappa shape index (κ1) is 15.5. The molecule has 18 heavy (non-hydrogen) atoms. The summed E-state index contributed by atoms with van der Waals surface area (Å²) in [4.78, 5) is 11.7. The zero-order chi connectivity index (χ0) is 13.5. The van der Waals surface area contributed by atoms with Gasteiger partial charge in [0.1, 0.15) is 0 Å². The van der Waals surface area contributed by atoms with Gasteiger partial charge in [0.25, 0.3) is 0 Å². The number of anilines is 1. The first-order chi connectivity index (χ1) is 8.49. The van der Waals surface area contributed by atoms with Crippen molar-refractivity contribution in [1.82, 2.24) is 5.32 Å². The van der Waals surface area contributed by atoms with Gasteiger partial charge < -0.3 is 10.6 Å². The molecule has 0 aliphatic heterocycles. The Morgan fingerprint density at radius 3 is 2.78 bits per heavy atom. The number of hydrogen-bond donors (Lipinski definition) is 2. The van der Waals surface area contributed by atoms with Crippen LogP contribution in [-0.2, 0) is 4.79 Å². The number of nitrogens with one attached hydrogen (secondary N) is 2. The van der Waals surface area contributed by atoms with E-state index >= 15 is 0 Å². The van der Waals surface area contributed by atoms with Crippen molar-refractivity contribution in [3.05, 3.63) is 27.7 Å². The second-order valence-corrected chi connectivity index (χ2v) is 5.71. The van der Waals surface area contributed by atoms with Gasteiger partial charge in [0.15, 0.2) is 0 Å². The van der Waals surface area contributed by atoms with Gasteiger partial charge in [0.05, 0.1) is 10.7 Å². The van der Waals surface area contributed by atoms with E-state index in [2.05, 4.69) is 40.4 Å². The molecule has 1 rings (SSSR count). The van der Waals surface area contributed by atoms with Crippen LogP contribution in [0, 0.1) is 0 Å². The van der Waals surface area contributed by atoms with Crippen LogP contribution in [0.4, 0.5) is 5.69 Å². The molecule has 0 spiro atoms. The lowest BCUT2D eigenvalue weighted by Gasteiger charge is -2.09. The molecule has 0 aromatic heterocycles. The minimum absolute atomic E-state index is 0.00946. The summed E-state index contributed by atoms with van der Waals surface area (Å²) >= 11 is 9.34. The van der Waals surface area contributed by atoms with Gasteiger partial charge in [0, 0.05) is 16.9 Å². The summed E-state index contributed by atoms with van der Waals surface area (Å²) in [6.07, 6.45) is 1.31. The third-order valence-electron chi connectivity index (χ3n) is 2.34. The minimum Gasteiger partial charge on any atom is -0.325 e. The molecule has 0 bridgehead atoms. The quantitative estimate of drug-likeness (QED) is 0.777. The third-order valence-corrected chi connectivity index (χ3v) is 3.14. The standard InChI is InChI=1S/C13H18BrClN2O/c1-9(2)16-7-3-4-13(18)17-12-6-5-10(14)8-11(12)15/h5-6,8-9,16H,3-4,7H2,1-2H3,(H,17,18). The van der Waals surface area contributed by atoms with Crippen molar-refractivity contribution < 1.29 is 4.79 Å². The van der Waals surface area contributed by atoms with Crippen molar-refractivity contribution in [2.75, 3.05) is 11.9 Å². The monoisotopic (exact) mass is 332 g/mol. The van der Waals surface area contributed by atoms with Crippen LogP contribution in [0.15, 0.2) is 22.7 Å². The van der Waals surface area contributed by atoms with Crippen molar-refractivity contribution in [2.24, 2.45) is 0 Å². The van der Waals surface area contributed by atoms with Crippen LogP contribution in [-0.4, -0.2) is 18.5 Å². The molecule has 0 saturated carbocycles. The van der Waals surface area contributed by atoms with Crippen molar-refractivity contribution in [2.45, 2.75) is 32.7 Å². The third kappa shape index (κ3) is 5.85. The number of carbonyl (C=O) groups is 1. The van der Waals surface area contributed by atoms with Crippen molar-refractivity contribution in [3.8, 4) is 0 Å². The van der Waals surface area contributed by atoms with Gasteiger partial charge >= 0.3 is 0 Å². The second-order valence-electron chi connectivity index (χ2n) is 4.38. The maximum absolute atomic E-state index is 11.7. The van der Waals surface area contributed by atoms with Crippen molar-refractivity contribution in [1.29, 1.82) is 0 Å². The summed E-state index contributed by atoms with van der Waals surface area (Å²) in [5.41, 5.74) is 0.654. The van der Waals surface area contributed by atoms with Crippen LogP contribution < -0.4 is 10.6 Å². The van der Waals surface area contributed by atoms with Gasteiger partial charge in [-0.25, -0.2) is 0 Å². The fourth-order valence-electron chi connectivity index (χ4n) is 1.44. The summed E-state index contributed by atoms with van der Waals surface area (Å²) in [5, 5.41) is 6.62. The minimum atomic E-state index is -0.00946. The van der Waals surface area contributed by atoms with Crippen LogP contribution in [0.1, 0.15) is 26.7 Å². The smallest absolute Gasteiger partial charge is 0.224 e. The molecule has 0 heterocycles. The first-order valence-electron chi connectivity index (χ1n) is 5.97. The SMILES string of the molecule is CC(C)NCCCC(=O)Nc1ccc(Br)cc1Cl. The molecule has 1 aromatic rings. The number of carbonyl (C=O) groups excluding carboxylic acids is 1. The Labute approximate surface area is 121 Å². The highest BCUT2D eigenvalue weighted by Crippen LogP contribution is 2.25.